The van der Waals surface area contributed by atoms with Gasteiger partial charge in [0, 0.05) is 30.1 Å². The minimum atomic E-state index is -0.433. The number of hydrogen-bond acceptors (Lipinski definition) is 7. The highest BCUT2D eigenvalue weighted by Gasteiger charge is 2.34. The Labute approximate surface area is 143 Å². The highest BCUT2D eigenvalue weighted by atomic mass is 16.8. The van der Waals surface area contributed by atoms with Gasteiger partial charge in [0.1, 0.15) is 0 Å². The fraction of sp³-hybridized carbons (Fsp3) is 0.0588. The topological polar surface area (TPSA) is 84.1 Å². The molecule has 1 atom stereocenters. The van der Waals surface area contributed by atoms with Gasteiger partial charge in [-0.1, -0.05) is 24.3 Å². The van der Waals surface area contributed by atoms with Gasteiger partial charge in [0.2, 0.25) is 0 Å². The van der Waals surface area contributed by atoms with Gasteiger partial charge in [-0.2, -0.15) is 0 Å². The molecular weight excluding hydrogens is 322 g/mol. The summed E-state index contributed by atoms with van der Waals surface area (Å²) in [6.45, 7) is 0. The predicted octanol–water partition coefficient (Wildman–Crippen LogP) is 2.81. The fourth-order valence-corrected chi connectivity index (χ4v) is 2.67. The molecular formula is C17H13N5O3. The standard InChI is InChI=1S/C17H13N5O3/c23-22(24)14-7-5-6-13(12-14)17-19-25-21(15-8-1-3-10-18-15)16-9-2-4-11-20(16)17/h1-12,16H/t16-/m1/s1. The smallest absolute Gasteiger partial charge is 0.270 e. The van der Waals surface area contributed by atoms with E-state index >= 15 is 0 Å². The summed E-state index contributed by atoms with van der Waals surface area (Å²) in [7, 11) is 0. The minimum Gasteiger partial charge on any atom is -0.302 e. The molecule has 25 heavy (non-hydrogen) atoms. The molecule has 0 radical (unpaired) electrons. The molecule has 0 aliphatic carbocycles. The lowest BCUT2D eigenvalue weighted by Crippen LogP contribution is -2.52. The van der Waals surface area contributed by atoms with Crippen LogP contribution < -0.4 is 5.06 Å². The molecule has 2 aliphatic heterocycles. The van der Waals surface area contributed by atoms with Gasteiger partial charge in [-0.15, -0.1) is 5.06 Å². The number of allylic oxidation sites excluding steroid dienone is 2. The third-order valence-electron chi connectivity index (χ3n) is 3.82. The van der Waals surface area contributed by atoms with Crippen molar-refractivity contribution in [1.29, 1.82) is 0 Å². The second-order valence-corrected chi connectivity index (χ2v) is 5.37. The summed E-state index contributed by atoms with van der Waals surface area (Å²) >= 11 is 0. The van der Waals surface area contributed by atoms with E-state index in [0.717, 1.165) is 0 Å². The van der Waals surface area contributed by atoms with Crippen LogP contribution in [0.5, 0.6) is 0 Å². The quantitative estimate of drug-likeness (QED) is 0.633. The summed E-state index contributed by atoms with van der Waals surface area (Å²) in [5, 5.41) is 16.8. The van der Waals surface area contributed by atoms with Crippen LogP contribution >= 0.6 is 0 Å². The lowest BCUT2D eigenvalue weighted by Gasteiger charge is -2.39. The number of rotatable bonds is 3. The molecule has 1 aromatic heterocycles. The van der Waals surface area contributed by atoms with E-state index in [1.165, 1.54) is 12.1 Å². The molecule has 0 N–H and O–H groups in total. The van der Waals surface area contributed by atoms with E-state index in [2.05, 4.69) is 10.1 Å². The van der Waals surface area contributed by atoms with Gasteiger partial charge in [0.05, 0.1) is 4.92 Å². The Bertz CT molecular complexity index is 894. The zero-order valence-corrected chi connectivity index (χ0v) is 13.0. The molecule has 0 saturated heterocycles. The summed E-state index contributed by atoms with van der Waals surface area (Å²) in [5.41, 5.74) is 0.597. The number of fused-ring (bicyclic) bond motifs is 1. The Morgan fingerprint density at radius 1 is 1.16 bits per heavy atom. The third kappa shape index (κ3) is 2.69. The van der Waals surface area contributed by atoms with E-state index in [0.29, 0.717) is 17.2 Å². The van der Waals surface area contributed by atoms with E-state index in [4.69, 9.17) is 4.94 Å². The van der Waals surface area contributed by atoms with Gasteiger partial charge in [-0.25, -0.2) is 4.98 Å². The van der Waals surface area contributed by atoms with Crippen LogP contribution in [0.3, 0.4) is 0 Å². The van der Waals surface area contributed by atoms with Crippen LogP contribution in [-0.4, -0.2) is 26.8 Å². The van der Waals surface area contributed by atoms with Crippen molar-refractivity contribution in [2.75, 3.05) is 5.06 Å². The Kier molecular flexibility index (Phi) is 3.62. The Morgan fingerprint density at radius 3 is 2.88 bits per heavy atom. The van der Waals surface area contributed by atoms with E-state index in [-0.39, 0.29) is 11.9 Å². The molecule has 0 bridgehead atoms. The van der Waals surface area contributed by atoms with Crippen molar-refractivity contribution >= 4 is 17.3 Å². The molecule has 0 unspecified atom stereocenters. The van der Waals surface area contributed by atoms with Gasteiger partial charge in [0.25, 0.3) is 5.69 Å². The zero-order chi connectivity index (χ0) is 17.2. The van der Waals surface area contributed by atoms with Gasteiger partial charge < -0.3 is 4.90 Å². The summed E-state index contributed by atoms with van der Waals surface area (Å²) in [6.07, 6.45) is 8.92. The van der Waals surface area contributed by atoms with Gasteiger partial charge in [0.15, 0.2) is 17.8 Å². The number of pyridine rings is 1. The van der Waals surface area contributed by atoms with Crippen molar-refractivity contribution in [3.63, 3.8) is 0 Å². The predicted molar refractivity (Wildman–Crippen MR) is 91.3 cm³/mol. The van der Waals surface area contributed by atoms with Crippen LogP contribution in [0.1, 0.15) is 5.56 Å². The summed E-state index contributed by atoms with van der Waals surface area (Å²) < 4.78 is 0. The van der Waals surface area contributed by atoms with Crippen molar-refractivity contribution in [3.05, 3.63) is 88.8 Å². The monoisotopic (exact) mass is 335 g/mol. The summed E-state index contributed by atoms with van der Waals surface area (Å²) in [4.78, 5) is 22.3. The normalized spacial score (nSPS) is 18.4. The molecule has 0 amide bonds. The highest BCUT2D eigenvalue weighted by molar-refractivity contribution is 6.00. The van der Waals surface area contributed by atoms with E-state index in [9.17, 15) is 10.1 Å². The summed E-state index contributed by atoms with van der Waals surface area (Å²) in [5.74, 6) is 1.10. The first kappa shape index (κ1) is 14.9. The molecule has 0 saturated carbocycles. The number of oxime groups is 1. The molecule has 2 aromatic rings. The molecule has 0 spiro atoms. The lowest BCUT2D eigenvalue weighted by atomic mass is 10.1. The maximum Gasteiger partial charge on any atom is 0.270 e. The molecule has 0 fully saturated rings. The number of nitrogens with zero attached hydrogens (tertiary/aromatic N) is 5. The first-order valence-corrected chi connectivity index (χ1v) is 7.57. The SMILES string of the molecule is O=[N+]([O-])c1cccc(C2=NON(c3ccccn3)[C@@H]3C=CC=CN23)c1. The van der Waals surface area contributed by atoms with Crippen LogP contribution in [-0.2, 0) is 4.94 Å². The Hall–Kier alpha value is -3.68. The first-order chi connectivity index (χ1) is 12.2. The maximum atomic E-state index is 11.0. The second kappa shape index (κ2) is 6.08. The maximum absolute atomic E-state index is 11.0. The molecule has 8 heteroatoms. The molecule has 8 nitrogen and oxygen atoms in total. The van der Waals surface area contributed by atoms with Crippen LogP contribution in [0.4, 0.5) is 11.5 Å². The van der Waals surface area contributed by atoms with Crippen molar-refractivity contribution < 1.29 is 9.86 Å². The van der Waals surface area contributed by atoms with Crippen molar-refractivity contribution in [1.82, 2.24) is 9.88 Å². The van der Waals surface area contributed by atoms with E-state index < -0.39 is 4.92 Å². The van der Waals surface area contributed by atoms with Crippen molar-refractivity contribution in [2.24, 2.45) is 5.16 Å². The lowest BCUT2D eigenvalue weighted by molar-refractivity contribution is -0.384. The molecule has 4 rings (SSSR count). The largest absolute Gasteiger partial charge is 0.302 e. The minimum absolute atomic E-state index is 0.000404. The third-order valence-corrected chi connectivity index (χ3v) is 3.82. The number of aromatic nitrogens is 1. The molecule has 124 valence electrons. The number of nitro groups is 1. The molecule has 2 aliphatic rings. The molecule has 1 aromatic carbocycles. The number of hydrogen-bond donors (Lipinski definition) is 0. The number of benzene rings is 1. The highest BCUT2D eigenvalue weighted by Crippen LogP contribution is 2.27. The van der Waals surface area contributed by atoms with Crippen LogP contribution in [0, 0.1) is 10.1 Å². The Balaban J connectivity index is 1.74. The number of non-ortho nitro benzene ring substituents is 1. The van der Waals surface area contributed by atoms with Crippen molar-refractivity contribution in [2.45, 2.75) is 6.17 Å². The van der Waals surface area contributed by atoms with E-state index in [1.807, 2.05) is 47.5 Å². The number of hydroxylamine groups is 1. The van der Waals surface area contributed by atoms with Gasteiger partial charge in [-0.05, 0) is 29.4 Å². The first-order valence-electron chi connectivity index (χ1n) is 7.57. The fourth-order valence-electron chi connectivity index (χ4n) is 2.67. The van der Waals surface area contributed by atoms with Crippen LogP contribution in [0.2, 0.25) is 0 Å². The second-order valence-electron chi connectivity index (χ2n) is 5.37. The summed E-state index contributed by atoms with van der Waals surface area (Å²) in [6, 6.07) is 11.8. The number of amidine groups is 1. The van der Waals surface area contributed by atoms with Gasteiger partial charge in [-0.3, -0.25) is 15.1 Å². The average molecular weight is 335 g/mol. The average Bonchev–Trinajstić information content (AvgIpc) is 2.68. The van der Waals surface area contributed by atoms with Crippen LogP contribution in [0.15, 0.2) is 78.2 Å². The zero-order valence-electron chi connectivity index (χ0n) is 13.0. The number of nitro benzene ring substituents is 1. The number of anilines is 1. The van der Waals surface area contributed by atoms with E-state index in [1.54, 1.807) is 23.4 Å². The molecule has 3 heterocycles. The van der Waals surface area contributed by atoms with Crippen molar-refractivity contribution in [3.8, 4) is 0 Å². The van der Waals surface area contributed by atoms with Gasteiger partial charge >= 0.3 is 0 Å². The van der Waals surface area contributed by atoms with Crippen LogP contribution in [0.25, 0.3) is 0 Å². The Morgan fingerprint density at radius 2 is 2.08 bits per heavy atom.